The van der Waals surface area contributed by atoms with Crippen LogP contribution in [0.15, 0.2) is 0 Å². The summed E-state index contributed by atoms with van der Waals surface area (Å²) in [6, 6.07) is 0. The topological polar surface area (TPSA) is 79.2 Å². The minimum absolute atomic E-state index is 0.194. The van der Waals surface area contributed by atoms with Gasteiger partial charge in [-0.2, -0.15) is 0 Å². The molecule has 12 heavy (non-hydrogen) atoms. The fraction of sp³-hybridized carbons (Fsp3) is 1.00. The Labute approximate surface area is 70.5 Å². The minimum Gasteiger partial charge on any atom is -0.394 e. The quantitative estimate of drug-likeness (QED) is 0.461. The molecule has 5 heteroatoms. The van der Waals surface area contributed by atoms with Gasteiger partial charge in [-0.05, 0) is 0 Å². The van der Waals surface area contributed by atoms with Crippen LogP contribution in [0.3, 0.4) is 0 Å². The van der Waals surface area contributed by atoms with Crippen molar-refractivity contribution in [2.45, 2.75) is 24.4 Å². The summed E-state index contributed by atoms with van der Waals surface area (Å²) in [6.07, 6.45) is -3.27. The Bertz CT molecular complexity index is 124. The molecule has 1 rings (SSSR count). The maximum Gasteiger partial charge on any atom is 0.111 e. The summed E-state index contributed by atoms with van der Waals surface area (Å²) in [4.78, 5) is 0. The van der Waals surface area contributed by atoms with E-state index >= 15 is 0 Å². The van der Waals surface area contributed by atoms with Crippen LogP contribution in [0.1, 0.15) is 0 Å². The van der Waals surface area contributed by atoms with E-state index in [0.29, 0.717) is 0 Å². The van der Waals surface area contributed by atoms with E-state index in [1.54, 1.807) is 0 Å². The molecule has 0 radical (unpaired) electrons. The Morgan fingerprint density at radius 1 is 1.42 bits per heavy atom. The predicted molar refractivity (Wildman–Crippen MR) is 39.6 cm³/mol. The largest absolute Gasteiger partial charge is 0.394 e. The highest BCUT2D eigenvalue weighted by atomic mass is 16.6. The second-order valence-electron chi connectivity index (χ2n) is 2.81. The van der Waals surface area contributed by atoms with E-state index in [-0.39, 0.29) is 13.2 Å². The first kappa shape index (κ1) is 9.88. The second-order valence-corrected chi connectivity index (χ2v) is 2.81. The zero-order valence-corrected chi connectivity index (χ0v) is 6.88. The van der Waals surface area contributed by atoms with Gasteiger partial charge in [0.05, 0.1) is 13.2 Å². The van der Waals surface area contributed by atoms with E-state index in [2.05, 4.69) is 0 Å². The van der Waals surface area contributed by atoms with Crippen molar-refractivity contribution in [2.24, 2.45) is 0 Å². The summed E-state index contributed by atoms with van der Waals surface area (Å²) >= 11 is 0. The van der Waals surface area contributed by atoms with Crippen molar-refractivity contribution in [3.8, 4) is 0 Å². The molecule has 0 spiro atoms. The van der Waals surface area contributed by atoms with Crippen molar-refractivity contribution in [1.82, 2.24) is 0 Å². The SMILES string of the molecule is COC1COC(CO)[C@@H](O)C1O. The molecule has 5 nitrogen and oxygen atoms in total. The van der Waals surface area contributed by atoms with Crippen LogP contribution in [-0.2, 0) is 9.47 Å². The molecule has 0 saturated carbocycles. The molecular formula is C7H14O5. The molecule has 1 fully saturated rings. The second kappa shape index (κ2) is 4.15. The first-order chi connectivity index (χ1) is 5.70. The average Bonchev–Trinajstić information content (AvgIpc) is 2.10. The summed E-state index contributed by atoms with van der Waals surface area (Å²) in [5.74, 6) is 0. The Hall–Kier alpha value is -0.200. The summed E-state index contributed by atoms with van der Waals surface area (Å²) in [5, 5.41) is 27.4. The highest BCUT2D eigenvalue weighted by Gasteiger charge is 2.37. The minimum atomic E-state index is -1.08. The summed E-state index contributed by atoms with van der Waals surface area (Å²) < 4.78 is 9.88. The number of aliphatic hydroxyl groups is 3. The van der Waals surface area contributed by atoms with Crippen molar-refractivity contribution >= 4 is 0 Å². The van der Waals surface area contributed by atoms with Gasteiger partial charge < -0.3 is 24.8 Å². The van der Waals surface area contributed by atoms with Crippen molar-refractivity contribution in [3.63, 3.8) is 0 Å². The lowest BCUT2D eigenvalue weighted by Gasteiger charge is -2.35. The molecule has 1 heterocycles. The van der Waals surface area contributed by atoms with Crippen molar-refractivity contribution in [1.29, 1.82) is 0 Å². The number of methoxy groups -OCH3 is 1. The van der Waals surface area contributed by atoms with Gasteiger partial charge in [0, 0.05) is 7.11 Å². The molecule has 0 aromatic rings. The maximum absolute atomic E-state index is 9.37. The van der Waals surface area contributed by atoms with Gasteiger partial charge in [-0.3, -0.25) is 0 Å². The first-order valence-corrected chi connectivity index (χ1v) is 3.82. The van der Waals surface area contributed by atoms with Gasteiger partial charge in [0.15, 0.2) is 0 Å². The average molecular weight is 178 g/mol. The molecule has 0 aliphatic carbocycles. The Balaban J connectivity index is 2.52. The first-order valence-electron chi connectivity index (χ1n) is 3.82. The molecular weight excluding hydrogens is 164 g/mol. The molecule has 1 saturated heterocycles. The van der Waals surface area contributed by atoms with Crippen LogP contribution in [-0.4, -0.2) is 60.1 Å². The Morgan fingerprint density at radius 3 is 2.58 bits per heavy atom. The zero-order chi connectivity index (χ0) is 9.14. The molecule has 1 aliphatic heterocycles. The van der Waals surface area contributed by atoms with Crippen LogP contribution < -0.4 is 0 Å². The van der Waals surface area contributed by atoms with Crippen LogP contribution in [0.5, 0.6) is 0 Å². The fourth-order valence-corrected chi connectivity index (χ4v) is 1.22. The number of rotatable bonds is 2. The number of aliphatic hydroxyl groups excluding tert-OH is 3. The van der Waals surface area contributed by atoms with Crippen LogP contribution in [0.4, 0.5) is 0 Å². The third-order valence-electron chi connectivity index (χ3n) is 2.07. The number of ether oxygens (including phenoxy) is 2. The molecule has 4 atom stereocenters. The van der Waals surface area contributed by atoms with Crippen molar-refractivity contribution < 1.29 is 24.8 Å². The maximum atomic E-state index is 9.37. The molecule has 1 aliphatic rings. The van der Waals surface area contributed by atoms with E-state index in [1.807, 2.05) is 0 Å². The number of hydrogen-bond acceptors (Lipinski definition) is 5. The van der Waals surface area contributed by atoms with Gasteiger partial charge >= 0.3 is 0 Å². The third-order valence-corrected chi connectivity index (χ3v) is 2.07. The monoisotopic (exact) mass is 178 g/mol. The normalized spacial score (nSPS) is 43.0. The van der Waals surface area contributed by atoms with Crippen LogP contribution in [0.2, 0.25) is 0 Å². The summed E-state index contributed by atoms with van der Waals surface area (Å²) in [7, 11) is 1.43. The van der Waals surface area contributed by atoms with E-state index < -0.39 is 24.4 Å². The van der Waals surface area contributed by atoms with E-state index in [9.17, 15) is 10.2 Å². The Kier molecular flexibility index (Phi) is 3.42. The van der Waals surface area contributed by atoms with E-state index in [0.717, 1.165) is 0 Å². The zero-order valence-electron chi connectivity index (χ0n) is 6.88. The lowest BCUT2D eigenvalue weighted by Crippen LogP contribution is -2.54. The molecule has 0 bridgehead atoms. The van der Waals surface area contributed by atoms with Gasteiger partial charge in [0.2, 0.25) is 0 Å². The summed E-state index contributed by atoms with van der Waals surface area (Å²) in [6.45, 7) is -0.103. The molecule has 0 aromatic heterocycles. The van der Waals surface area contributed by atoms with Gasteiger partial charge in [0.25, 0.3) is 0 Å². The molecule has 0 aromatic carbocycles. The number of hydrogen-bond donors (Lipinski definition) is 3. The van der Waals surface area contributed by atoms with Crippen LogP contribution in [0, 0.1) is 0 Å². The predicted octanol–water partition coefficient (Wildman–Crippen LogP) is -1.89. The summed E-state index contributed by atoms with van der Waals surface area (Å²) in [5.41, 5.74) is 0. The lowest BCUT2D eigenvalue weighted by atomic mass is 10.0. The van der Waals surface area contributed by atoms with Crippen LogP contribution in [0.25, 0.3) is 0 Å². The molecule has 3 unspecified atom stereocenters. The molecule has 3 N–H and O–H groups in total. The molecule has 72 valence electrons. The fourth-order valence-electron chi connectivity index (χ4n) is 1.22. The Morgan fingerprint density at radius 2 is 2.08 bits per heavy atom. The van der Waals surface area contributed by atoms with Crippen molar-refractivity contribution in [2.75, 3.05) is 20.3 Å². The van der Waals surface area contributed by atoms with Gasteiger partial charge in [-0.1, -0.05) is 0 Å². The van der Waals surface area contributed by atoms with Gasteiger partial charge in [-0.25, -0.2) is 0 Å². The van der Waals surface area contributed by atoms with E-state index in [1.165, 1.54) is 7.11 Å². The smallest absolute Gasteiger partial charge is 0.111 e. The van der Waals surface area contributed by atoms with Crippen LogP contribution >= 0.6 is 0 Å². The highest BCUT2D eigenvalue weighted by Crippen LogP contribution is 2.16. The standard InChI is InChI=1S/C7H14O5/c1-11-5-3-12-4(2-8)6(9)7(5)10/h4-10H,2-3H2,1H3/t4?,5?,6-,7?/m1/s1. The lowest BCUT2D eigenvalue weighted by molar-refractivity contribution is -0.202. The van der Waals surface area contributed by atoms with E-state index in [4.69, 9.17) is 14.6 Å². The van der Waals surface area contributed by atoms with Gasteiger partial charge in [0.1, 0.15) is 24.4 Å². The third kappa shape index (κ3) is 1.75. The molecule has 0 amide bonds. The van der Waals surface area contributed by atoms with Gasteiger partial charge in [-0.15, -0.1) is 0 Å². The van der Waals surface area contributed by atoms with Crippen molar-refractivity contribution in [3.05, 3.63) is 0 Å². The highest BCUT2D eigenvalue weighted by molar-refractivity contribution is 4.86.